The first kappa shape index (κ1) is 16.0. The molecule has 1 aliphatic rings. The number of halogens is 1. The molecular weight excluding hydrogens is 314 g/mol. The van der Waals surface area contributed by atoms with Gasteiger partial charge in [0, 0.05) is 43.1 Å². The molecule has 5 nitrogen and oxygen atoms in total. The van der Waals surface area contributed by atoms with Crippen molar-refractivity contribution in [1.82, 2.24) is 14.9 Å². The Hall–Kier alpha value is -1.85. The fraction of sp³-hybridized carbons (Fsp3) is 0.412. The molecule has 6 heteroatoms. The van der Waals surface area contributed by atoms with Gasteiger partial charge in [0.05, 0.1) is 12.4 Å². The molecule has 1 aromatic heterocycles. The summed E-state index contributed by atoms with van der Waals surface area (Å²) in [5.74, 6) is 0.157. The summed E-state index contributed by atoms with van der Waals surface area (Å²) in [7, 11) is 0. The molecule has 0 bridgehead atoms. The summed E-state index contributed by atoms with van der Waals surface area (Å²) in [6, 6.07) is 7.68. The van der Waals surface area contributed by atoms with Crippen molar-refractivity contribution in [1.29, 1.82) is 0 Å². The van der Waals surface area contributed by atoms with Gasteiger partial charge in [0.2, 0.25) is 5.91 Å². The number of nitrogens with one attached hydrogen (secondary N) is 1. The van der Waals surface area contributed by atoms with Crippen molar-refractivity contribution in [2.24, 2.45) is 5.92 Å². The summed E-state index contributed by atoms with van der Waals surface area (Å²) in [6.07, 6.45) is 6.99. The zero-order valence-electron chi connectivity index (χ0n) is 12.8. The van der Waals surface area contributed by atoms with Gasteiger partial charge >= 0.3 is 0 Å². The highest BCUT2D eigenvalue weighted by Gasteiger charge is 2.23. The Bertz CT molecular complexity index is 622. The molecule has 1 fully saturated rings. The van der Waals surface area contributed by atoms with E-state index in [-0.39, 0.29) is 17.9 Å². The molecule has 1 atom stereocenters. The highest BCUT2D eigenvalue weighted by atomic mass is 35.5. The molecule has 1 aliphatic heterocycles. The molecule has 2 aromatic rings. The number of ether oxygens (including phenoxy) is 1. The number of nitrogens with zero attached hydrogens (tertiary/aromatic N) is 2. The normalized spacial score (nSPS) is 16.9. The summed E-state index contributed by atoms with van der Waals surface area (Å²) in [5, 5.41) is 3.78. The molecule has 0 aliphatic carbocycles. The lowest BCUT2D eigenvalue weighted by Gasteiger charge is -2.24. The van der Waals surface area contributed by atoms with E-state index < -0.39 is 0 Å². The molecule has 23 heavy (non-hydrogen) atoms. The number of carbonyl (C=O) groups excluding carboxylic acids is 1. The van der Waals surface area contributed by atoms with Gasteiger partial charge in [-0.1, -0.05) is 23.7 Å². The quantitative estimate of drug-likeness (QED) is 0.915. The summed E-state index contributed by atoms with van der Waals surface area (Å²) in [5.41, 5.74) is 1.08. The average Bonchev–Trinajstić information content (AvgIpc) is 3.11. The first-order valence-electron chi connectivity index (χ1n) is 7.82. The molecule has 1 amide bonds. The predicted octanol–water partition coefficient (Wildman–Crippen LogP) is 2.67. The second-order valence-corrected chi connectivity index (χ2v) is 6.15. The smallest absolute Gasteiger partial charge is 0.223 e. The third-order valence-corrected chi connectivity index (χ3v) is 4.45. The van der Waals surface area contributed by atoms with Gasteiger partial charge in [-0.25, -0.2) is 4.98 Å². The van der Waals surface area contributed by atoms with Crippen molar-refractivity contribution < 1.29 is 9.53 Å². The largest absolute Gasteiger partial charge is 0.381 e. The van der Waals surface area contributed by atoms with Crippen LogP contribution >= 0.6 is 11.6 Å². The predicted molar refractivity (Wildman–Crippen MR) is 88.4 cm³/mol. The van der Waals surface area contributed by atoms with E-state index >= 15 is 0 Å². The molecule has 1 N–H and O–H groups in total. The van der Waals surface area contributed by atoms with Gasteiger partial charge in [0.15, 0.2) is 0 Å². The third-order valence-electron chi connectivity index (χ3n) is 4.20. The second-order valence-electron chi connectivity index (χ2n) is 5.71. The van der Waals surface area contributed by atoms with Crippen LogP contribution in [0.4, 0.5) is 0 Å². The zero-order chi connectivity index (χ0) is 16.1. The Morgan fingerprint density at radius 1 is 1.35 bits per heavy atom. The van der Waals surface area contributed by atoms with Crippen LogP contribution in [0.3, 0.4) is 0 Å². The van der Waals surface area contributed by atoms with Gasteiger partial charge in [-0.2, -0.15) is 0 Å². The molecule has 0 spiro atoms. The maximum absolute atomic E-state index is 12.3. The Balaban J connectivity index is 1.69. The molecule has 0 saturated carbocycles. The van der Waals surface area contributed by atoms with Crippen LogP contribution in [0.15, 0.2) is 43.0 Å². The fourth-order valence-electron chi connectivity index (χ4n) is 2.84. The van der Waals surface area contributed by atoms with Gasteiger partial charge in [-0.15, -0.1) is 0 Å². The van der Waals surface area contributed by atoms with E-state index in [1.54, 1.807) is 12.5 Å². The number of amides is 1. The van der Waals surface area contributed by atoms with Gasteiger partial charge in [-0.3, -0.25) is 4.79 Å². The number of aromatic nitrogens is 2. The average molecular weight is 334 g/mol. The number of imidazole rings is 1. The molecule has 2 heterocycles. The van der Waals surface area contributed by atoms with E-state index in [2.05, 4.69) is 10.3 Å². The van der Waals surface area contributed by atoms with Crippen molar-refractivity contribution in [2.45, 2.75) is 18.9 Å². The summed E-state index contributed by atoms with van der Waals surface area (Å²) in [6.45, 7) is 1.86. The van der Waals surface area contributed by atoms with Gasteiger partial charge in [-0.05, 0) is 30.5 Å². The van der Waals surface area contributed by atoms with Crippen LogP contribution in [0.25, 0.3) is 0 Å². The summed E-state index contributed by atoms with van der Waals surface area (Å²) in [4.78, 5) is 16.5. The molecule has 1 saturated heterocycles. The van der Waals surface area contributed by atoms with E-state index in [1.807, 2.05) is 35.0 Å². The van der Waals surface area contributed by atoms with Gasteiger partial charge in [0.1, 0.15) is 0 Å². The maximum Gasteiger partial charge on any atom is 0.223 e. The first-order chi connectivity index (χ1) is 11.2. The standard InChI is InChI=1S/C17H20ClN3O2/c18-15-3-1-13(2-4-15)16(21-8-7-19-12-21)11-20-17(22)14-5-9-23-10-6-14/h1-4,7-8,12,14,16H,5-6,9-11H2,(H,20,22). The molecule has 122 valence electrons. The SMILES string of the molecule is O=C(NCC(c1ccc(Cl)cc1)n1ccnc1)C1CCOCC1. The minimum atomic E-state index is -0.00134. The number of rotatable bonds is 5. The van der Waals surface area contributed by atoms with E-state index in [9.17, 15) is 4.79 Å². The number of hydrogen-bond donors (Lipinski definition) is 1. The lowest BCUT2D eigenvalue weighted by Crippen LogP contribution is -2.37. The molecular formula is C17H20ClN3O2. The monoisotopic (exact) mass is 333 g/mol. The zero-order valence-corrected chi connectivity index (χ0v) is 13.6. The fourth-order valence-corrected chi connectivity index (χ4v) is 2.96. The lowest BCUT2D eigenvalue weighted by molar-refractivity contribution is -0.127. The van der Waals surface area contributed by atoms with E-state index in [0.29, 0.717) is 24.8 Å². The second kappa shape index (κ2) is 7.62. The third kappa shape index (κ3) is 4.12. The lowest BCUT2D eigenvalue weighted by atomic mass is 9.99. The Labute approximate surface area is 140 Å². The highest BCUT2D eigenvalue weighted by molar-refractivity contribution is 6.30. The van der Waals surface area contributed by atoms with Crippen molar-refractivity contribution >= 4 is 17.5 Å². The van der Waals surface area contributed by atoms with Crippen molar-refractivity contribution in [2.75, 3.05) is 19.8 Å². The Morgan fingerprint density at radius 2 is 2.09 bits per heavy atom. The molecule has 1 unspecified atom stereocenters. The van der Waals surface area contributed by atoms with Crippen molar-refractivity contribution in [3.8, 4) is 0 Å². The van der Waals surface area contributed by atoms with Crippen molar-refractivity contribution in [3.05, 3.63) is 53.6 Å². The van der Waals surface area contributed by atoms with E-state index in [0.717, 1.165) is 18.4 Å². The van der Waals surface area contributed by atoms with Crippen molar-refractivity contribution in [3.63, 3.8) is 0 Å². The van der Waals surface area contributed by atoms with Crippen LogP contribution < -0.4 is 5.32 Å². The van der Waals surface area contributed by atoms with Crippen LogP contribution in [0.2, 0.25) is 5.02 Å². The maximum atomic E-state index is 12.3. The summed E-state index contributed by atoms with van der Waals surface area (Å²) >= 11 is 5.97. The van der Waals surface area contributed by atoms with Gasteiger partial charge < -0.3 is 14.6 Å². The van der Waals surface area contributed by atoms with E-state index in [1.165, 1.54) is 0 Å². The molecule has 1 aromatic carbocycles. The van der Waals surface area contributed by atoms with Gasteiger partial charge in [0.25, 0.3) is 0 Å². The highest BCUT2D eigenvalue weighted by Crippen LogP contribution is 2.21. The number of carbonyl (C=O) groups is 1. The minimum Gasteiger partial charge on any atom is -0.381 e. The van der Waals surface area contributed by atoms with Crippen LogP contribution in [-0.2, 0) is 9.53 Å². The topological polar surface area (TPSA) is 56.2 Å². The molecule has 0 radical (unpaired) electrons. The van der Waals surface area contributed by atoms with Crippen LogP contribution in [-0.4, -0.2) is 35.2 Å². The Morgan fingerprint density at radius 3 is 2.74 bits per heavy atom. The first-order valence-corrected chi connectivity index (χ1v) is 8.20. The molecule has 3 rings (SSSR count). The van der Waals surface area contributed by atoms with Crippen LogP contribution in [0, 0.1) is 5.92 Å². The summed E-state index contributed by atoms with van der Waals surface area (Å²) < 4.78 is 7.30. The minimum absolute atomic E-state index is 0.00134. The van der Waals surface area contributed by atoms with Crippen LogP contribution in [0.1, 0.15) is 24.4 Å². The Kier molecular flexibility index (Phi) is 5.31. The number of benzene rings is 1. The van der Waals surface area contributed by atoms with Crippen LogP contribution in [0.5, 0.6) is 0 Å². The van der Waals surface area contributed by atoms with E-state index in [4.69, 9.17) is 16.3 Å². The number of hydrogen-bond acceptors (Lipinski definition) is 3.